The highest BCUT2D eigenvalue weighted by molar-refractivity contribution is 6.01. The quantitative estimate of drug-likeness (QED) is 0.277. The molecule has 1 aliphatic heterocycles. The van der Waals surface area contributed by atoms with Crippen LogP contribution < -0.4 is 4.74 Å². The third-order valence-corrected chi connectivity index (χ3v) is 7.12. The number of hydrogen-bond donors (Lipinski definition) is 0. The number of hydrogen-bond acceptors (Lipinski definition) is 1. The van der Waals surface area contributed by atoms with Gasteiger partial charge < -0.3 is 4.74 Å². The van der Waals surface area contributed by atoms with Crippen LogP contribution in [-0.4, -0.2) is 0 Å². The Morgan fingerprint density at radius 2 is 1.27 bits per heavy atom. The van der Waals surface area contributed by atoms with Crippen molar-refractivity contribution in [3.05, 3.63) is 143 Å². The molecule has 1 heterocycles. The lowest BCUT2D eigenvalue weighted by Gasteiger charge is -2.37. The van der Waals surface area contributed by atoms with Gasteiger partial charge in [-0.05, 0) is 40.1 Å². The Morgan fingerprint density at radius 1 is 0.606 bits per heavy atom. The molecule has 33 heavy (non-hydrogen) atoms. The van der Waals surface area contributed by atoms with Crippen molar-refractivity contribution in [2.24, 2.45) is 0 Å². The van der Waals surface area contributed by atoms with Gasteiger partial charge in [0.25, 0.3) is 0 Å². The highest BCUT2D eigenvalue weighted by atomic mass is 16.5. The Bertz CT molecular complexity index is 1510. The van der Waals surface area contributed by atoms with Crippen molar-refractivity contribution in [1.29, 1.82) is 0 Å². The summed E-state index contributed by atoms with van der Waals surface area (Å²) in [4.78, 5) is 0. The molecule has 5 aromatic rings. The molecule has 0 atom stereocenters. The number of fused-ring (bicyclic) bond motifs is 7. The molecule has 0 unspecified atom stereocenters. The van der Waals surface area contributed by atoms with Crippen LogP contribution in [0.3, 0.4) is 0 Å². The van der Waals surface area contributed by atoms with Crippen LogP contribution in [0.15, 0.2) is 115 Å². The highest BCUT2D eigenvalue weighted by Crippen LogP contribution is 2.49. The first-order valence-electron chi connectivity index (χ1n) is 11.5. The second-order valence-electron chi connectivity index (χ2n) is 8.91. The Balaban J connectivity index is 1.50. The summed E-state index contributed by atoms with van der Waals surface area (Å²) in [6, 6.07) is 38.8. The van der Waals surface area contributed by atoms with E-state index in [0.717, 1.165) is 28.9 Å². The summed E-state index contributed by atoms with van der Waals surface area (Å²) in [6.45, 7) is 0. The van der Waals surface area contributed by atoms with Gasteiger partial charge in [0.15, 0.2) is 5.60 Å². The SMILES string of the molecule is C1=CC(c2ccccc2)(c2ccccc2)Oc2c1ccc1ccc3c(c21)Cc1ccccc1-3. The average molecular weight is 423 g/mol. The van der Waals surface area contributed by atoms with Gasteiger partial charge in [0, 0.05) is 22.1 Å². The van der Waals surface area contributed by atoms with Gasteiger partial charge in [-0.1, -0.05) is 115 Å². The van der Waals surface area contributed by atoms with Gasteiger partial charge in [-0.25, -0.2) is 0 Å². The minimum Gasteiger partial charge on any atom is -0.472 e. The van der Waals surface area contributed by atoms with Crippen LogP contribution >= 0.6 is 0 Å². The molecule has 0 amide bonds. The van der Waals surface area contributed by atoms with Gasteiger partial charge in [0.2, 0.25) is 0 Å². The summed E-state index contributed by atoms with van der Waals surface area (Å²) >= 11 is 0. The van der Waals surface area contributed by atoms with Crippen LogP contribution in [0.5, 0.6) is 5.75 Å². The molecule has 0 bridgehead atoms. The fourth-order valence-electron chi connectivity index (χ4n) is 5.53. The molecule has 2 aliphatic rings. The van der Waals surface area contributed by atoms with E-state index in [9.17, 15) is 0 Å². The van der Waals surface area contributed by atoms with Crippen LogP contribution in [-0.2, 0) is 12.0 Å². The van der Waals surface area contributed by atoms with Crippen molar-refractivity contribution in [3.8, 4) is 16.9 Å². The summed E-state index contributed by atoms with van der Waals surface area (Å²) in [7, 11) is 0. The van der Waals surface area contributed by atoms with E-state index >= 15 is 0 Å². The Hall–Kier alpha value is -4.10. The topological polar surface area (TPSA) is 9.23 Å². The molecule has 1 aliphatic carbocycles. The molecule has 7 rings (SSSR count). The zero-order valence-corrected chi connectivity index (χ0v) is 18.2. The lowest BCUT2D eigenvalue weighted by atomic mass is 9.83. The van der Waals surface area contributed by atoms with Crippen molar-refractivity contribution in [3.63, 3.8) is 0 Å². The predicted molar refractivity (Wildman–Crippen MR) is 136 cm³/mol. The van der Waals surface area contributed by atoms with Crippen molar-refractivity contribution in [2.75, 3.05) is 0 Å². The molecule has 0 spiro atoms. The standard InChI is InChI=1S/C32H22O/c1-3-10-25(11-4-1)32(26-12-5-2-6-13-26)20-19-23-16-15-22-17-18-28-27-14-8-7-9-24(27)21-29(28)30(22)31(23)33-32/h1-20H,21H2. The maximum absolute atomic E-state index is 7.14. The number of benzene rings is 5. The summed E-state index contributed by atoms with van der Waals surface area (Å²) in [5, 5.41) is 2.47. The first kappa shape index (κ1) is 18.5. The Kier molecular flexibility index (Phi) is 3.89. The smallest absolute Gasteiger partial charge is 0.178 e. The summed E-state index contributed by atoms with van der Waals surface area (Å²) in [5.41, 5.74) is 8.16. The number of ether oxygens (including phenoxy) is 1. The Morgan fingerprint density at radius 3 is 2.03 bits per heavy atom. The van der Waals surface area contributed by atoms with Crippen molar-refractivity contribution >= 4 is 16.8 Å². The van der Waals surface area contributed by atoms with Crippen molar-refractivity contribution < 1.29 is 4.74 Å². The predicted octanol–water partition coefficient (Wildman–Crippen LogP) is 7.76. The van der Waals surface area contributed by atoms with E-state index in [2.05, 4.69) is 121 Å². The second-order valence-corrected chi connectivity index (χ2v) is 8.91. The molecule has 156 valence electrons. The zero-order valence-electron chi connectivity index (χ0n) is 18.2. The largest absolute Gasteiger partial charge is 0.472 e. The molecule has 0 radical (unpaired) electrons. The van der Waals surface area contributed by atoms with Crippen LogP contribution in [0.4, 0.5) is 0 Å². The molecular formula is C32H22O. The van der Waals surface area contributed by atoms with Crippen LogP contribution in [0.25, 0.3) is 28.0 Å². The summed E-state index contributed by atoms with van der Waals surface area (Å²) < 4.78 is 7.14. The molecule has 0 aromatic heterocycles. The van der Waals surface area contributed by atoms with Gasteiger partial charge in [-0.2, -0.15) is 0 Å². The average Bonchev–Trinajstić information content (AvgIpc) is 3.28. The molecule has 0 fully saturated rings. The molecule has 5 aromatic carbocycles. The molecule has 0 N–H and O–H groups in total. The number of rotatable bonds is 2. The van der Waals surface area contributed by atoms with Crippen molar-refractivity contribution in [2.45, 2.75) is 12.0 Å². The van der Waals surface area contributed by atoms with Gasteiger partial charge in [-0.15, -0.1) is 0 Å². The third-order valence-electron chi connectivity index (χ3n) is 7.12. The van der Waals surface area contributed by atoms with Gasteiger partial charge in [0.05, 0.1) is 0 Å². The monoisotopic (exact) mass is 422 g/mol. The fraction of sp³-hybridized carbons (Fsp3) is 0.0625. The van der Waals surface area contributed by atoms with E-state index in [-0.39, 0.29) is 0 Å². The zero-order chi connectivity index (χ0) is 21.8. The van der Waals surface area contributed by atoms with E-state index in [1.165, 1.54) is 33.0 Å². The minimum absolute atomic E-state index is 0.669. The molecular weight excluding hydrogens is 400 g/mol. The Labute approximate surface area is 193 Å². The third kappa shape index (κ3) is 2.66. The van der Waals surface area contributed by atoms with Crippen LogP contribution in [0.2, 0.25) is 0 Å². The summed E-state index contributed by atoms with van der Waals surface area (Å²) in [6.07, 6.45) is 5.39. The maximum Gasteiger partial charge on any atom is 0.178 e. The van der Waals surface area contributed by atoms with E-state index in [1.54, 1.807) is 0 Å². The minimum atomic E-state index is -0.669. The second kappa shape index (κ2) is 6.95. The molecule has 1 heteroatoms. The molecule has 0 saturated carbocycles. The maximum atomic E-state index is 7.14. The van der Waals surface area contributed by atoms with Crippen LogP contribution in [0, 0.1) is 0 Å². The van der Waals surface area contributed by atoms with E-state index < -0.39 is 5.60 Å². The first-order chi connectivity index (χ1) is 16.3. The van der Waals surface area contributed by atoms with Crippen molar-refractivity contribution in [1.82, 2.24) is 0 Å². The van der Waals surface area contributed by atoms with E-state index in [4.69, 9.17) is 4.74 Å². The van der Waals surface area contributed by atoms with E-state index in [1.807, 2.05) is 0 Å². The van der Waals surface area contributed by atoms with E-state index in [0.29, 0.717) is 0 Å². The lowest BCUT2D eigenvalue weighted by Crippen LogP contribution is -2.34. The highest BCUT2D eigenvalue weighted by Gasteiger charge is 2.38. The van der Waals surface area contributed by atoms with Gasteiger partial charge in [-0.3, -0.25) is 0 Å². The first-order valence-corrected chi connectivity index (χ1v) is 11.5. The summed E-state index contributed by atoms with van der Waals surface area (Å²) in [5.74, 6) is 0.979. The van der Waals surface area contributed by atoms with Gasteiger partial charge in [0.1, 0.15) is 5.75 Å². The van der Waals surface area contributed by atoms with Crippen LogP contribution in [0.1, 0.15) is 27.8 Å². The molecule has 1 nitrogen and oxygen atoms in total. The van der Waals surface area contributed by atoms with Gasteiger partial charge >= 0.3 is 0 Å². The fourth-order valence-corrected chi connectivity index (χ4v) is 5.53. The molecule has 0 saturated heterocycles. The normalized spacial score (nSPS) is 14.9. The lowest BCUT2D eigenvalue weighted by molar-refractivity contribution is 0.163.